The lowest BCUT2D eigenvalue weighted by atomic mass is 10.2. The molecule has 0 aliphatic rings. The Bertz CT molecular complexity index is 850. The Kier molecular flexibility index (Phi) is 14.6. The average Bonchev–Trinajstić information content (AvgIpc) is 2.81. The second-order valence-corrected chi connectivity index (χ2v) is 6.54. The van der Waals surface area contributed by atoms with Crippen molar-refractivity contribution in [2.24, 2.45) is 0 Å². The molecule has 0 aromatic heterocycles. The van der Waals surface area contributed by atoms with Gasteiger partial charge in [0.15, 0.2) is 0 Å². The molecule has 182 valence electrons. The van der Waals surface area contributed by atoms with Crippen LogP contribution < -0.4 is 0 Å². The number of aliphatic hydroxyl groups is 3. The molecule has 9 nitrogen and oxygen atoms in total. The Balaban J connectivity index is 0.000000430. The maximum atomic E-state index is 10.2. The molecule has 0 atom stereocenters. The Morgan fingerprint density at radius 3 is 0.882 bits per heavy atom. The summed E-state index contributed by atoms with van der Waals surface area (Å²) in [5, 5.41) is 49.5. The van der Waals surface area contributed by atoms with Gasteiger partial charge in [0.1, 0.15) is 0 Å². The van der Waals surface area contributed by atoms with E-state index in [1.807, 2.05) is 0 Å². The third-order valence-corrected chi connectivity index (χ3v) is 3.65. The summed E-state index contributed by atoms with van der Waals surface area (Å²) in [7, 11) is 0. The summed E-state index contributed by atoms with van der Waals surface area (Å²) in [6.45, 7) is 1.75. The van der Waals surface area contributed by atoms with E-state index in [0.29, 0.717) is 23.1 Å². The molecule has 9 heteroatoms. The topological polar surface area (TPSA) is 173 Å². The van der Waals surface area contributed by atoms with E-state index in [4.69, 9.17) is 30.6 Å². The van der Waals surface area contributed by atoms with Crippen molar-refractivity contribution < 1.29 is 45.0 Å². The molecule has 0 bridgehead atoms. The van der Waals surface area contributed by atoms with Gasteiger partial charge in [0.25, 0.3) is 5.97 Å². The van der Waals surface area contributed by atoms with Gasteiger partial charge in [-0.05, 0) is 42.8 Å². The molecule has 0 aliphatic carbocycles. The summed E-state index contributed by atoms with van der Waals surface area (Å²) in [6.07, 6.45) is 0.566. The van der Waals surface area contributed by atoms with Crippen LogP contribution in [-0.2, 0) is 0 Å². The van der Waals surface area contributed by atoms with Gasteiger partial charge in [-0.3, -0.25) is 0 Å². The Labute approximate surface area is 196 Å². The summed E-state index contributed by atoms with van der Waals surface area (Å²) in [5.74, 6) is -5.09. The van der Waals surface area contributed by atoms with Crippen LogP contribution in [0.5, 0.6) is 0 Å². The normalized spacial score (nSPS) is 9.53. The fourth-order valence-corrected chi connectivity index (χ4v) is 2.08. The minimum absolute atomic E-state index is 0.00694. The van der Waals surface area contributed by atoms with E-state index in [1.54, 1.807) is 97.9 Å². The lowest BCUT2D eigenvalue weighted by Gasteiger charge is -2.10. The van der Waals surface area contributed by atoms with Crippen LogP contribution in [0.4, 0.5) is 0 Å². The van der Waals surface area contributed by atoms with Crippen LogP contribution in [-0.4, -0.2) is 54.5 Å². The summed E-state index contributed by atoms with van der Waals surface area (Å²) in [4.78, 5) is 30.6. The van der Waals surface area contributed by atoms with Gasteiger partial charge in [-0.2, -0.15) is 0 Å². The first-order valence-electron chi connectivity index (χ1n) is 10.00. The van der Waals surface area contributed by atoms with E-state index in [9.17, 15) is 14.4 Å². The lowest BCUT2D eigenvalue weighted by molar-refractivity contribution is -0.314. The number of carboxylic acids is 3. The van der Waals surface area contributed by atoms with Gasteiger partial charge in [0.05, 0.1) is 16.7 Å². The Hall–Kier alpha value is -4.05. The first-order valence-corrected chi connectivity index (χ1v) is 10.00. The number of hydrogen-bond donors (Lipinski definition) is 6. The van der Waals surface area contributed by atoms with Crippen LogP contribution >= 0.6 is 0 Å². The highest BCUT2D eigenvalue weighted by Gasteiger charge is 2.14. The molecular formula is C25H28O9. The molecular weight excluding hydrogens is 444 g/mol. The molecule has 3 aromatic rings. The molecule has 6 N–H and O–H groups in total. The van der Waals surface area contributed by atoms with Gasteiger partial charge in [0.2, 0.25) is 0 Å². The largest absolute Gasteiger partial charge is 0.478 e. The Morgan fingerprint density at radius 1 is 0.559 bits per heavy atom. The molecule has 34 heavy (non-hydrogen) atoms. The number of carbonyl (C=O) groups is 3. The maximum absolute atomic E-state index is 10.2. The van der Waals surface area contributed by atoms with E-state index in [0.717, 1.165) is 0 Å². The van der Waals surface area contributed by atoms with Crippen molar-refractivity contribution in [2.45, 2.75) is 25.7 Å². The van der Waals surface area contributed by atoms with Gasteiger partial charge in [0, 0.05) is 6.42 Å². The molecule has 0 amide bonds. The van der Waals surface area contributed by atoms with Crippen molar-refractivity contribution >= 4 is 17.9 Å². The van der Waals surface area contributed by atoms with Crippen molar-refractivity contribution in [1.82, 2.24) is 0 Å². The minimum atomic E-state index is -2.45. The van der Waals surface area contributed by atoms with Crippen LogP contribution in [0.3, 0.4) is 0 Å². The molecule has 3 aromatic carbocycles. The zero-order valence-electron chi connectivity index (χ0n) is 18.5. The van der Waals surface area contributed by atoms with Crippen LogP contribution in [0.2, 0.25) is 0 Å². The molecule has 0 unspecified atom stereocenters. The third-order valence-electron chi connectivity index (χ3n) is 3.65. The zero-order valence-corrected chi connectivity index (χ0v) is 18.5. The predicted molar refractivity (Wildman–Crippen MR) is 124 cm³/mol. The molecule has 3 rings (SSSR count). The van der Waals surface area contributed by atoms with Crippen molar-refractivity contribution in [2.75, 3.05) is 0 Å². The summed E-state index contributed by atoms with van der Waals surface area (Å²) in [6, 6.07) is 24.9. The zero-order chi connectivity index (χ0) is 26.0. The smallest absolute Gasteiger partial charge is 0.335 e. The highest BCUT2D eigenvalue weighted by Crippen LogP contribution is 2.01. The second kappa shape index (κ2) is 16.6. The molecule has 0 spiro atoms. The van der Waals surface area contributed by atoms with E-state index >= 15 is 0 Å². The molecule has 0 heterocycles. The van der Waals surface area contributed by atoms with Crippen molar-refractivity contribution in [1.29, 1.82) is 0 Å². The van der Waals surface area contributed by atoms with E-state index in [-0.39, 0.29) is 6.42 Å². The summed E-state index contributed by atoms with van der Waals surface area (Å²) >= 11 is 0. The summed E-state index contributed by atoms with van der Waals surface area (Å²) < 4.78 is 0. The quantitative estimate of drug-likeness (QED) is 0.303. The Morgan fingerprint density at radius 2 is 0.794 bits per heavy atom. The van der Waals surface area contributed by atoms with Gasteiger partial charge < -0.3 is 30.6 Å². The number of aromatic carboxylic acids is 3. The van der Waals surface area contributed by atoms with Crippen LogP contribution in [0.15, 0.2) is 91.0 Å². The van der Waals surface area contributed by atoms with Crippen molar-refractivity contribution in [3.8, 4) is 0 Å². The van der Waals surface area contributed by atoms with Gasteiger partial charge in [-0.25, -0.2) is 14.4 Å². The van der Waals surface area contributed by atoms with Gasteiger partial charge in [-0.15, -0.1) is 0 Å². The molecule has 0 saturated heterocycles. The van der Waals surface area contributed by atoms with Crippen molar-refractivity contribution in [3.05, 3.63) is 108 Å². The van der Waals surface area contributed by atoms with Crippen molar-refractivity contribution in [3.63, 3.8) is 0 Å². The standard InChI is InChI=1S/3C7H6O2.C4H10O3/c3*8-7(9)6-4-2-1-3-5-6;1-2-3-4(5,6)7/h3*1-5H,(H,8,9);5-7H,2-3H2,1H3. The van der Waals surface area contributed by atoms with E-state index in [1.165, 1.54) is 0 Å². The molecule has 0 saturated carbocycles. The predicted octanol–water partition coefficient (Wildman–Crippen LogP) is 3.57. The van der Waals surface area contributed by atoms with E-state index < -0.39 is 23.9 Å². The van der Waals surface area contributed by atoms with Crippen LogP contribution in [0.1, 0.15) is 50.8 Å². The third kappa shape index (κ3) is 15.7. The monoisotopic (exact) mass is 472 g/mol. The maximum Gasteiger partial charge on any atom is 0.335 e. The number of benzene rings is 3. The lowest BCUT2D eigenvalue weighted by Crippen LogP contribution is -2.26. The fourth-order valence-electron chi connectivity index (χ4n) is 2.08. The average molecular weight is 472 g/mol. The van der Waals surface area contributed by atoms with Gasteiger partial charge >= 0.3 is 17.9 Å². The van der Waals surface area contributed by atoms with Gasteiger partial charge in [-0.1, -0.05) is 61.5 Å². The SMILES string of the molecule is CCCC(O)(O)O.O=C(O)c1ccccc1.O=C(O)c1ccccc1.O=C(O)c1ccccc1. The fraction of sp³-hybridized carbons (Fsp3) is 0.160. The van der Waals surface area contributed by atoms with Crippen LogP contribution in [0, 0.1) is 0 Å². The number of carboxylic acid groups (broad SMARTS) is 3. The molecule has 0 aliphatic heterocycles. The highest BCUT2D eigenvalue weighted by atomic mass is 16.7. The molecule has 0 fully saturated rings. The highest BCUT2D eigenvalue weighted by molar-refractivity contribution is 5.88. The minimum Gasteiger partial charge on any atom is -0.478 e. The number of rotatable bonds is 5. The summed E-state index contributed by atoms with van der Waals surface area (Å²) in [5.41, 5.74) is 0.993. The van der Waals surface area contributed by atoms with Crippen LogP contribution in [0.25, 0.3) is 0 Å². The first kappa shape index (κ1) is 30.0. The number of hydrogen-bond acceptors (Lipinski definition) is 6. The first-order chi connectivity index (χ1) is 16.0. The van der Waals surface area contributed by atoms with E-state index in [2.05, 4.69) is 0 Å². The second-order valence-electron chi connectivity index (χ2n) is 6.54. The molecule has 0 radical (unpaired) electrons.